The highest BCUT2D eigenvalue weighted by Gasteiger charge is 2.08. The molecule has 20 heavy (non-hydrogen) atoms. The fourth-order valence-corrected chi connectivity index (χ4v) is 1.68. The van der Waals surface area contributed by atoms with E-state index in [-0.39, 0.29) is 5.84 Å². The molecular weight excluding hydrogens is 258 g/mol. The number of likely N-dealkylation sites (N-methyl/N-ethyl adjacent to an activating group) is 1. The largest absolute Gasteiger partial charge is 0.492 e. The van der Waals surface area contributed by atoms with E-state index in [1.54, 1.807) is 31.4 Å². The molecule has 1 rings (SSSR count). The second-order valence-corrected chi connectivity index (χ2v) is 4.64. The van der Waals surface area contributed by atoms with Crippen LogP contribution >= 0.6 is 0 Å². The van der Waals surface area contributed by atoms with Crippen molar-refractivity contribution in [2.24, 2.45) is 10.9 Å². The van der Waals surface area contributed by atoms with E-state index in [9.17, 15) is 0 Å². The Morgan fingerprint density at radius 1 is 1.40 bits per heavy atom. The van der Waals surface area contributed by atoms with Gasteiger partial charge in [-0.25, -0.2) is 0 Å². The highest BCUT2D eigenvalue weighted by atomic mass is 16.5. The highest BCUT2D eigenvalue weighted by Crippen LogP contribution is 2.12. The summed E-state index contributed by atoms with van der Waals surface area (Å²) in [4.78, 5) is 2.17. The molecule has 0 saturated heterocycles. The van der Waals surface area contributed by atoms with Crippen LogP contribution in [0.15, 0.2) is 29.4 Å². The van der Waals surface area contributed by atoms with E-state index in [2.05, 4.69) is 17.0 Å². The Labute approximate surface area is 119 Å². The zero-order chi connectivity index (χ0) is 15.0. The number of benzene rings is 1. The van der Waals surface area contributed by atoms with Gasteiger partial charge in [0.1, 0.15) is 12.4 Å². The fourth-order valence-electron chi connectivity index (χ4n) is 1.68. The van der Waals surface area contributed by atoms with Gasteiger partial charge >= 0.3 is 0 Å². The monoisotopic (exact) mass is 281 g/mol. The molecule has 1 unspecified atom stereocenters. The zero-order valence-electron chi connectivity index (χ0n) is 12.2. The molecule has 0 fully saturated rings. The van der Waals surface area contributed by atoms with Crippen LogP contribution in [0, 0.1) is 0 Å². The molecule has 0 aliphatic rings. The van der Waals surface area contributed by atoms with Crippen molar-refractivity contribution >= 4 is 5.84 Å². The summed E-state index contributed by atoms with van der Waals surface area (Å²) in [5.41, 5.74) is 6.14. The second kappa shape index (κ2) is 8.39. The molecule has 3 N–H and O–H groups in total. The van der Waals surface area contributed by atoms with Crippen molar-refractivity contribution in [3.63, 3.8) is 0 Å². The van der Waals surface area contributed by atoms with Crippen molar-refractivity contribution in [3.05, 3.63) is 29.8 Å². The highest BCUT2D eigenvalue weighted by molar-refractivity contribution is 5.97. The van der Waals surface area contributed by atoms with E-state index in [1.807, 2.05) is 7.05 Å². The summed E-state index contributed by atoms with van der Waals surface area (Å²) in [5.74, 6) is 0.844. The molecule has 112 valence electrons. The maximum Gasteiger partial charge on any atom is 0.170 e. The van der Waals surface area contributed by atoms with E-state index in [1.165, 1.54) is 0 Å². The Hall–Kier alpha value is -1.79. The van der Waals surface area contributed by atoms with Crippen LogP contribution in [0.3, 0.4) is 0 Å². The lowest BCUT2D eigenvalue weighted by atomic mass is 10.2. The molecule has 0 radical (unpaired) electrons. The minimum Gasteiger partial charge on any atom is -0.492 e. The smallest absolute Gasteiger partial charge is 0.170 e. The summed E-state index contributed by atoms with van der Waals surface area (Å²) in [7, 11) is 3.73. The number of methoxy groups -OCH3 is 1. The Balaban J connectivity index is 2.39. The Morgan fingerprint density at radius 2 is 2.05 bits per heavy atom. The normalized spacial score (nSPS) is 13.5. The number of nitrogens with zero attached hydrogens (tertiary/aromatic N) is 2. The van der Waals surface area contributed by atoms with Gasteiger partial charge in [-0.15, -0.1) is 0 Å². The van der Waals surface area contributed by atoms with Crippen LogP contribution in [0.5, 0.6) is 5.75 Å². The summed E-state index contributed by atoms with van der Waals surface area (Å²) in [6.07, 6.45) is 0. The molecule has 0 aliphatic carbocycles. The second-order valence-electron chi connectivity index (χ2n) is 4.64. The minimum absolute atomic E-state index is 0.0877. The maximum atomic E-state index is 8.57. The molecule has 0 bridgehead atoms. The summed E-state index contributed by atoms with van der Waals surface area (Å²) in [5, 5.41) is 11.5. The van der Waals surface area contributed by atoms with Crippen molar-refractivity contribution in [1.29, 1.82) is 0 Å². The average molecular weight is 281 g/mol. The average Bonchev–Trinajstić information content (AvgIpc) is 2.47. The van der Waals surface area contributed by atoms with Gasteiger partial charge < -0.3 is 20.4 Å². The van der Waals surface area contributed by atoms with Crippen LogP contribution in [0.1, 0.15) is 12.5 Å². The third-order valence-corrected chi connectivity index (χ3v) is 3.13. The maximum absolute atomic E-state index is 8.57. The molecule has 1 atom stereocenters. The first-order valence-electron chi connectivity index (χ1n) is 6.48. The van der Waals surface area contributed by atoms with Crippen molar-refractivity contribution < 1.29 is 14.7 Å². The zero-order valence-corrected chi connectivity index (χ0v) is 12.2. The van der Waals surface area contributed by atoms with Gasteiger partial charge in [0.2, 0.25) is 0 Å². The number of oxime groups is 1. The lowest BCUT2D eigenvalue weighted by Gasteiger charge is -2.23. The quantitative estimate of drug-likeness (QED) is 0.323. The molecule has 0 aliphatic heterocycles. The molecule has 6 nitrogen and oxygen atoms in total. The third-order valence-electron chi connectivity index (χ3n) is 3.13. The van der Waals surface area contributed by atoms with Gasteiger partial charge in [-0.05, 0) is 38.2 Å². The van der Waals surface area contributed by atoms with Crippen molar-refractivity contribution in [3.8, 4) is 5.75 Å². The third kappa shape index (κ3) is 5.07. The number of nitrogens with two attached hydrogens (primary N) is 1. The van der Waals surface area contributed by atoms with Gasteiger partial charge in [-0.3, -0.25) is 4.90 Å². The molecule has 0 heterocycles. The van der Waals surface area contributed by atoms with Gasteiger partial charge in [-0.1, -0.05) is 5.16 Å². The first-order valence-corrected chi connectivity index (χ1v) is 6.48. The van der Waals surface area contributed by atoms with Crippen LogP contribution < -0.4 is 10.5 Å². The SMILES string of the molecule is COCC(C)N(C)CCOc1ccc(C(N)=NO)cc1. The van der Waals surface area contributed by atoms with Gasteiger partial charge in [0.05, 0.1) is 6.61 Å². The number of hydrogen-bond donors (Lipinski definition) is 2. The molecule has 1 aromatic carbocycles. The van der Waals surface area contributed by atoms with E-state index >= 15 is 0 Å². The summed E-state index contributed by atoms with van der Waals surface area (Å²) < 4.78 is 10.8. The van der Waals surface area contributed by atoms with Crippen LogP contribution in [0.4, 0.5) is 0 Å². The predicted molar refractivity (Wildman–Crippen MR) is 78.4 cm³/mol. The van der Waals surface area contributed by atoms with E-state index in [0.29, 0.717) is 24.8 Å². The first kappa shape index (κ1) is 16.3. The number of ether oxygens (including phenoxy) is 2. The van der Waals surface area contributed by atoms with Crippen molar-refractivity contribution in [1.82, 2.24) is 4.90 Å². The minimum atomic E-state index is 0.0877. The van der Waals surface area contributed by atoms with E-state index in [4.69, 9.17) is 20.4 Å². The first-order chi connectivity index (χ1) is 9.58. The van der Waals surface area contributed by atoms with Crippen LogP contribution in [0.25, 0.3) is 0 Å². The Morgan fingerprint density at radius 3 is 2.60 bits per heavy atom. The van der Waals surface area contributed by atoms with Crippen molar-refractivity contribution in [2.75, 3.05) is 33.9 Å². The van der Waals surface area contributed by atoms with E-state index < -0.39 is 0 Å². The number of amidine groups is 1. The molecular formula is C14H23N3O3. The molecule has 6 heteroatoms. The standard InChI is InChI=1S/C14H23N3O3/c1-11(10-19-3)17(2)8-9-20-13-6-4-12(5-7-13)14(15)16-18/h4-7,11,18H,8-10H2,1-3H3,(H2,15,16). The molecule has 0 amide bonds. The molecule has 1 aromatic rings. The summed E-state index contributed by atoms with van der Waals surface area (Å²) in [6.45, 7) is 4.21. The number of rotatable bonds is 8. The van der Waals surface area contributed by atoms with Crippen LogP contribution in [-0.4, -0.2) is 55.9 Å². The summed E-state index contributed by atoms with van der Waals surface area (Å²) >= 11 is 0. The molecule has 0 aromatic heterocycles. The molecule has 0 saturated carbocycles. The molecule has 0 spiro atoms. The van der Waals surface area contributed by atoms with Gasteiger partial charge in [-0.2, -0.15) is 0 Å². The van der Waals surface area contributed by atoms with Crippen LogP contribution in [-0.2, 0) is 4.74 Å². The van der Waals surface area contributed by atoms with Gasteiger partial charge in [0.25, 0.3) is 0 Å². The number of hydrogen-bond acceptors (Lipinski definition) is 5. The van der Waals surface area contributed by atoms with Gasteiger partial charge in [0.15, 0.2) is 5.84 Å². The van der Waals surface area contributed by atoms with Crippen molar-refractivity contribution in [2.45, 2.75) is 13.0 Å². The lowest BCUT2D eigenvalue weighted by molar-refractivity contribution is 0.105. The lowest BCUT2D eigenvalue weighted by Crippen LogP contribution is -2.35. The van der Waals surface area contributed by atoms with E-state index in [0.717, 1.165) is 12.3 Å². The fraction of sp³-hybridized carbons (Fsp3) is 0.500. The predicted octanol–water partition coefficient (Wildman–Crippen LogP) is 1.13. The summed E-state index contributed by atoms with van der Waals surface area (Å²) in [6, 6.07) is 7.45. The van der Waals surface area contributed by atoms with Gasteiger partial charge in [0, 0.05) is 25.3 Å². The Bertz CT molecular complexity index is 420. The van der Waals surface area contributed by atoms with Crippen LogP contribution in [0.2, 0.25) is 0 Å². The topological polar surface area (TPSA) is 80.3 Å². The Kier molecular flexibility index (Phi) is 6.83.